The van der Waals surface area contributed by atoms with Gasteiger partial charge in [-0.05, 0) is 18.4 Å². The Bertz CT molecular complexity index is 336. The molecule has 0 saturated carbocycles. The molecule has 0 aliphatic rings. The van der Waals surface area contributed by atoms with Crippen molar-refractivity contribution in [3.63, 3.8) is 0 Å². The second-order valence-corrected chi connectivity index (χ2v) is 4.56. The van der Waals surface area contributed by atoms with Crippen molar-refractivity contribution in [1.82, 2.24) is 5.32 Å². The third kappa shape index (κ3) is 7.10. The highest BCUT2D eigenvalue weighted by Gasteiger charge is 2.06. The van der Waals surface area contributed by atoms with Crippen LogP contribution in [-0.2, 0) is 11.3 Å². The minimum absolute atomic E-state index is 0. The highest BCUT2D eigenvalue weighted by atomic mass is 79.9. The molecule has 96 valence electrons. The summed E-state index contributed by atoms with van der Waals surface area (Å²) in [7, 11) is 0. The van der Waals surface area contributed by atoms with E-state index in [2.05, 4.69) is 26.1 Å². The van der Waals surface area contributed by atoms with Gasteiger partial charge in [0, 0.05) is 18.7 Å². The summed E-state index contributed by atoms with van der Waals surface area (Å²) in [5.41, 5.74) is 1.24. The number of halogens is 1. The number of nitrogens with one attached hydrogen (secondary N) is 1. The predicted octanol–water partition coefficient (Wildman–Crippen LogP) is -1.55. The Morgan fingerprint density at radius 1 is 1.35 bits per heavy atom. The fourth-order valence-electron chi connectivity index (χ4n) is 1.32. The molecule has 0 aliphatic heterocycles. The van der Waals surface area contributed by atoms with Crippen LogP contribution < -0.4 is 26.9 Å². The molecule has 0 spiro atoms. The van der Waals surface area contributed by atoms with Gasteiger partial charge in [-0.1, -0.05) is 13.8 Å². The van der Waals surface area contributed by atoms with Gasteiger partial charge in [-0.25, -0.2) is 4.57 Å². The molecule has 0 unspecified atom stereocenters. The van der Waals surface area contributed by atoms with Gasteiger partial charge in [-0.15, -0.1) is 0 Å². The quantitative estimate of drug-likeness (QED) is 0.656. The molecule has 4 heteroatoms. The zero-order chi connectivity index (χ0) is 12.0. The van der Waals surface area contributed by atoms with Crippen LogP contribution in [0.2, 0.25) is 0 Å². The second kappa shape index (κ2) is 8.23. The molecule has 0 bridgehead atoms. The van der Waals surface area contributed by atoms with E-state index in [1.807, 2.05) is 29.1 Å². The van der Waals surface area contributed by atoms with Gasteiger partial charge >= 0.3 is 0 Å². The normalized spacial score (nSPS) is 9.88. The molecule has 1 N–H and O–H groups in total. The Morgan fingerprint density at radius 3 is 2.47 bits per heavy atom. The Hall–Kier alpha value is -0.900. The van der Waals surface area contributed by atoms with Gasteiger partial charge in [0.2, 0.25) is 5.91 Å². The van der Waals surface area contributed by atoms with Crippen LogP contribution in [0.4, 0.5) is 0 Å². The number of aromatic nitrogens is 1. The van der Waals surface area contributed by atoms with Crippen molar-refractivity contribution in [2.45, 2.75) is 33.7 Å². The number of carbonyl (C=O) groups is 1. The van der Waals surface area contributed by atoms with Crippen molar-refractivity contribution in [3.8, 4) is 0 Å². The third-order valence-corrected chi connectivity index (χ3v) is 2.36. The number of aryl methyl sites for hydroxylation is 2. The van der Waals surface area contributed by atoms with E-state index in [9.17, 15) is 4.79 Å². The van der Waals surface area contributed by atoms with Crippen molar-refractivity contribution < 1.29 is 26.3 Å². The fraction of sp³-hybridized carbons (Fsp3) is 0.538. The zero-order valence-corrected chi connectivity index (χ0v) is 12.3. The van der Waals surface area contributed by atoms with E-state index in [1.54, 1.807) is 0 Å². The topological polar surface area (TPSA) is 33.0 Å². The third-order valence-electron chi connectivity index (χ3n) is 2.36. The molecule has 1 rings (SSSR count). The summed E-state index contributed by atoms with van der Waals surface area (Å²) in [6, 6.07) is 4.10. The van der Waals surface area contributed by atoms with E-state index in [1.165, 1.54) is 5.56 Å². The number of nitrogens with zero attached hydrogens (tertiary/aromatic N) is 1. The lowest BCUT2D eigenvalue weighted by molar-refractivity contribution is -0.695. The molecule has 1 heterocycles. The molecule has 0 atom stereocenters. The van der Waals surface area contributed by atoms with Crippen LogP contribution >= 0.6 is 0 Å². The van der Waals surface area contributed by atoms with E-state index in [-0.39, 0.29) is 22.9 Å². The summed E-state index contributed by atoms with van der Waals surface area (Å²) >= 11 is 0. The second-order valence-electron chi connectivity index (χ2n) is 4.56. The summed E-state index contributed by atoms with van der Waals surface area (Å²) in [4.78, 5) is 11.5. The maximum atomic E-state index is 11.5. The van der Waals surface area contributed by atoms with Crippen molar-refractivity contribution in [2.24, 2.45) is 5.92 Å². The van der Waals surface area contributed by atoms with Crippen LogP contribution in [0.5, 0.6) is 0 Å². The van der Waals surface area contributed by atoms with Crippen molar-refractivity contribution in [3.05, 3.63) is 30.1 Å². The molecule has 0 radical (unpaired) electrons. The molecule has 1 amide bonds. The number of carbonyl (C=O) groups excluding carboxylic acids is 1. The van der Waals surface area contributed by atoms with E-state index >= 15 is 0 Å². The van der Waals surface area contributed by atoms with Gasteiger partial charge in [0.05, 0.1) is 6.42 Å². The van der Waals surface area contributed by atoms with Crippen LogP contribution in [0.25, 0.3) is 0 Å². The lowest BCUT2D eigenvalue weighted by Gasteiger charge is -2.06. The zero-order valence-electron chi connectivity index (χ0n) is 10.7. The average molecular weight is 301 g/mol. The maximum absolute atomic E-state index is 11.5. The molecular formula is C13H21BrN2O. The van der Waals surface area contributed by atoms with Crippen LogP contribution in [0.3, 0.4) is 0 Å². The van der Waals surface area contributed by atoms with Crippen molar-refractivity contribution in [1.29, 1.82) is 0 Å². The Morgan fingerprint density at radius 2 is 1.94 bits per heavy atom. The Labute approximate surface area is 114 Å². The van der Waals surface area contributed by atoms with Gasteiger partial charge in [0.15, 0.2) is 18.9 Å². The number of rotatable bonds is 5. The highest BCUT2D eigenvalue weighted by Crippen LogP contribution is 1.91. The molecular weight excluding hydrogens is 280 g/mol. The smallest absolute Gasteiger partial charge is 0.226 e. The van der Waals surface area contributed by atoms with Gasteiger partial charge in [0.1, 0.15) is 0 Å². The van der Waals surface area contributed by atoms with Crippen molar-refractivity contribution >= 4 is 5.91 Å². The lowest BCUT2D eigenvalue weighted by Crippen LogP contribution is -3.00. The van der Waals surface area contributed by atoms with Crippen LogP contribution in [0, 0.1) is 12.8 Å². The first-order valence-corrected chi connectivity index (χ1v) is 5.80. The van der Waals surface area contributed by atoms with E-state index < -0.39 is 0 Å². The Kier molecular flexibility index (Phi) is 7.79. The van der Waals surface area contributed by atoms with E-state index in [0.29, 0.717) is 12.3 Å². The van der Waals surface area contributed by atoms with E-state index in [0.717, 1.165) is 13.1 Å². The van der Waals surface area contributed by atoms with E-state index in [4.69, 9.17) is 0 Å². The van der Waals surface area contributed by atoms with Crippen molar-refractivity contribution in [2.75, 3.05) is 6.54 Å². The molecule has 17 heavy (non-hydrogen) atoms. The number of hydrogen-bond donors (Lipinski definition) is 1. The summed E-state index contributed by atoms with van der Waals surface area (Å²) < 4.78 is 2.03. The number of pyridine rings is 1. The molecule has 0 aliphatic carbocycles. The van der Waals surface area contributed by atoms with Gasteiger partial charge in [-0.2, -0.15) is 0 Å². The maximum Gasteiger partial charge on any atom is 0.226 e. The minimum atomic E-state index is 0. The average Bonchev–Trinajstić information content (AvgIpc) is 2.25. The minimum Gasteiger partial charge on any atom is -1.00 e. The van der Waals surface area contributed by atoms with Crippen LogP contribution in [0.1, 0.15) is 25.8 Å². The molecule has 1 aromatic heterocycles. The first-order chi connectivity index (χ1) is 7.58. The predicted molar refractivity (Wildman–Crippen MR) is 63.8 cm³/mol. The first-order valence-electron chi connectivity index (χ1n) is 5.80. The molecule has 3 nitrogen and oxygen atoms in total. The number of amides is 1. The molecule has 0 saturated heterocycles. The summed E-state index contributed by atoms with van der Waals surface area (Å²) in [6.07, 6.45) is 4.55. The van der Waals surface area contributed by atoms with Gasteiger partial charge in [-0.3, -0.25) is 4.79 Å². The summed E-state index contributed by atoms with van der Waals surface area (Å²) in [6.45, 7) is 7.74. The monoisotopic (exact) mass is 300 g/mol. The Balaban J connectivity index is 0.00000256. The SMILES string of the molecule is Cc1cc[n+](CCC(=O)NCC(C)C)cc1.[Br-]. The fourth-order valence-corrected chi connectivity index (χ4v) is 1.32. The molecule has 0 aromatic carbocycles. The molecule has 0 fully saturated rings. The van der Waals surface area contributed by atoms with Gasteiger partial charge < -0.3 is 22.3 Å². The van der Waals surface area contributed by atoms with Crippen LogP contribution in [-0.4, -0.2) is 12.5 Å². The summed E-state index contributed by atoms with van der Waals surface area (Å²) in [5.74, 6) is 0.637. The number of hydrogen-bond acceptors (Lipinski definition) is 1. The van der Waals surface area contributed by atoms with Gasteiger partial charge in [0.25, 0.3) is 0 Å². The highest BCUT2D eigenvalue weighted by molar-refractivity contribution is 5.75. The largest absolute Gasteiger partial charge is 1.00 e. The summed E-state index contributed by atoms with van der Waals surface area (Å²) in [5, 5.41) is 2.91. The first kappa shape index (κ1) is 16.1. The lowest BCUT2D eigenvalue weighted by atomic mass is 10.2. The molecule has 1 aromatic rings. The standard InChI is InChI=1S/C13H20N2O.BrH/c1-11(2)10-14-13(16)6-9-15-7-4-12(3)5-8-15;/h4-5,7-8,11H,6,9-10H2,1-3H3;1H. The van der Waals surface area contributed by atoms with Crippen LogP contribution in [0.15, 0.2) is 24.5 Å².